The molecule has 35 heavy (non-hydrogen) atoms. The van der Waals surface area contributed by atoms with Crippen molar-refractivity contribution in [3.8, 4) is 5.75 Å². The molecule has 0 saturated carbocycles. The first kappa shape index (κ1) is 23.1. The minimum absolute atomic E-state index is 0.0195. The Balaban J connectivity index is 1.43. The van der Waals surface area contributed by atoms with Gasteiger partial charge >= 0.3 is 0 Å². The van der Waals surface area contributed by atoms with Gasteiger partial charge in [-0.3, -0.25) is 14.5 Å². The van der Waals surface area contributed by atoms with Crippen molar-refractivity contribution >= 4 is 22.5 Å². The van der Waals surface area contributed by atoms with Gasteiger partial charge in [0.05, 0.1) is 12.1 Å². The molecule has 2 aliphatic heterocycles. The topological polar surface area (TPSA) is 100 Å². The molecule has 5 rings (SSSR count). The molecule has 0 radical (unpaired) electrons. The highest BCUT2D eigenvalue weighted by molar-refractivity contribution is 5.92. The van der Waals surface area contributed by atoms with E-state index in [0.29, 0.717) is 54.9 Å². The van der Waals surface area contributed by atoms with Gasteiger partial charge in [-0.25, -0.2) is 14.4 Å². The maximum Gasteiger partial charge on any atom is 0.269 e. The minimum atomic E-state index is -0.694. The summed E-state index contributed by atoms with van der Waals surface area (Å²) in [6, 6.07) is 3.06. The molecule has 2 aromatic heterocycles. The summed E-state index contributed by atoms with van der Waals surface area (Å²) < 4.78 is 36.1. The highest BCUT2D eigenvalue weighted by Crippen LogP contribution is 2.38. The summed E-state index contributed by atoms with van der Waals surface area (Å²) in [4.78, 5) is 36.6. The lowest BCUT2D eigenvalue weighted by molar-refractivity contribution is 0.0957. The van der Waals surface area contributed by atoms with E-state index >= 15 is 4.39 Å². The fourth-order valence-electron chi connectivity index (χ4n) is 4.68. The van der Waals surface area contributed by atoms with E-state index in [-0.39, 0.29) is 23.4 Å². The molecule has 182 valence electrons. The average Bonchev–Trinajstić information content (AvgIpc) is 2.87. The number of nitrogens with zero attached hydrogens (tertiary/aromatic N) is 3. The van der Waals surface area contributed by atoms with E-state index in [2.05, 4.69) is 20.3 Å². The van der Waals surface area contributed by atoms with Crippen LogP contribution in [0.25, 0.3) is 16.6 Å². The molecule has 1 aromatic carbocycles. The maximum absolute atomic E-state index is 15.6. The van der Waals surface area contributed by atoms with Gasteiger partial charge in [0.25, 0.3) is 11.5 Å². The lowest BCUT2D eigenvalue weighted by Gasteiger charge is -2.29. The molecule has 10 heteroatoms. The number of benzene rings is 1. The van der Waals surface area contributed by atoms with Gasteiger partial charge in [-0.15, -0.1) is 0 Å². The number of H-pyrrole nitrogens is 1. The van der Waals surface area contributed by atoms with E-state index in [1.807, 2.05) is 11.0 Å². The van der Waals surface area contributed by atoms with Crippen molar-refractivity contribution in [2.75, 3.05) is 26.7 Å². The Morgan fingerprint density at radius 2 is 2.09 bits per heavy atom. The predicted molar refractivity (Wildman–Crippen MR) is 126 cm³/mol. The molecule has 3 aromatic rings. The largest absolute Gasteiger partial charge is 0.493 e. The smallest absolute Gasteiger partial charge is 0.269 e. The van der Waals surface area contributed by atoms with Crippen LogP contribution in [0.1, 0.15) is 45.7 Å². The number of ether oxygens (including phenoxy) is 1. The zero-order chi connectivity index (χ0) is 24.7. The highest BCUT2D eigenvalue weighted by atomic mass is 19.1. The predicted octanol–water partition coefficient (Wildman–Crippen LogP) is 2.88. The summed E-state index contributed by atoms with van der Waals surface area (Å²) in [5.41, 5.74) is 2.81. The molecule has 4 heterocycles. The van der Waals surface area contributed by atoms with E-state index in [4.69, 9.17) is 4.74 Å². The van der Waals surface area contributed by atoms with Crippen LogP contribution >= 0.6 is 0 Å². The lowest BCUT2D eigenvalue weighted by atomic mass is 9.97. The van der Waals surface area contributed by atoms with Crippen LogP contribution in [-0.4, -0.2) is 52.5 Å². The van der Waals surface area contributed by atoms with Crippen LogP contribution in [0.15, 0.2) is 23.0 Å². The van der Waals surface area contributed by atoms with Crippen LogP contribution in [0.3, 0.4) is 0 Å². The molecule has 0 spiro atoms. The van der Waals surface area contributed by atoms with Gasteiger partial charge in [-0.2, -0.15) is 4.39 Å². The quantitative estimate of drug-likeness (QED) is 0.556. The monoisotopic (exact) mass is 481 g/mol. The summed E-state index contributed by atoms with van der Waals surface area (Å²) in [7, 11) is 1.46. The number of pyridine rings is 1. The Bertz CT molecular complexity index is 1430. The van der Waals surface area contributed by atoms with Crippen molar-refractivity contribution in [1.29, 1.82) is 0 Å². The van der Waals surface area contributed by atoms with Crippen LogP contribution in [0.5, 0.6) is 5.75 Å². The number of aryl methyl sites for hydroxylation is 2. The molecule has 0 fully saturated rings. The Labute approximate surface area is 200 Å². The standard InChI is InChI=1S/C25H25F2N5O3/c1-13-24(33)31-21-19(26)17(22-16(20(21)29-13)4-3-11-35-22)12-32-9-7-14(8-10-32)15-5-6-18(25(34)28-2)30-23(15)27/h5-7H,3-4,8-12H2,1-2H3,(H,28,34)(H,31,33). The molecule has 0 unspecified atom stereocenters. The number of hydrogen-bond donors (Lipinski definition) is 2. The summed E-state index contributed by atoms with van der Waals surface area (Å²) in [6.07, 6.45) is 3.91. The van der Waals surface area contributed by atoms with Crippen LogP contribution in [0, 0.1) is 18.7 Å². The van der Waals surface area contributed by atoms with Gasteiger partial charge in [0.1, 0.15) is 22.7 Å². The van der Waals surface area contributed by atoms with Crippen LogP contribution in [0.4, 0.5) is 8.78 Å². The molecule has 0 bridgehead atoms. The molecule has 1 amide bonds. The minimum Gasteiger partial charge on any atom is -0.493 e. The van der Waals surface area contributed by atoms with Crippen molar-refractivity contribution in [2.45, 2.75) is 32.7 Å². The fourth-order valence-corrected chi connectivity index (χ4v) is 4.68. The normalized spacial score (nSPS) is 15.9. The first-order chi connectivity index (χ1) is 16.9. The number of rotatable bonds is 4. The number of amides is 1. The molecule has 0 aliphatic carbocycles. The van der Waals surface area contributed by atoms with Crippen molar-refractivity contribution in [1.82, 2.24) is 25.2 Å². The summed E-state index contributed by atoms with van der Waals surface area (Å²) in [6.45, 7) is 3.41. The second-order valence-electron chi connectivity index (χ2n) is 8.76. The lowest BCUT2D eigenvalue weighted by Crippen LogP contribution is -2.30. The zero-order valence-electron chi connectivity index (χ0n) is 19.5. The number of aromatic nitrogens is 3. The second-order valence-corrected chi connectivity index (χ2v) is 8.76. The van der Waals surface area contributed by atoms with E-state index in [0.717, 1.165) is 17.6 Å². The van der Waals surface area contributed by atoms with Crippen molar-refractivity contribution in [3.05, 3.63) is 68.4 Å². The highest BCUT2D eigenvalue weighted by Gasteiger charge is 2.27. The summed E-state index contributed by atoms with van der Waals surface area (Å²) >= 11 is 0. The first-order valence-electron chi connectivity index (χ1n) is 11.5. The third kappa shape index (κ3) is 4.18. The zero-order valence-corrected chi connectivity index (χ0v) is 19.5. The van der Waals surface area contributed by atoms with Gasteiger partial charge in [0.15, 0.2) is 5.82 Å². The second kappa shape index (κ2) is 9.18. The molecule has 2 N–H and O–H groups in total. The van der Waals surface area contributed by atoms with Crippen LogP contribution < -0.4 is 15.6 Å². The van der Waals surface area contributed by atoms with E-state index in [1.54, 1.807) is 13.0 Å². The van der Waals surface area contributed by atoms with Crippen molar-refractivity contribution in [3.63, 3.8) is 0 Å². The van der Waals surface area contributed by atoms with Gasteiger partial charge in [0, 0.05) is 43.4 Å². The van der Waals surface area contributed by atoms with Gasteiger partial charge in [0.2, 0.25) is 5.95 Å². The molecule has 8 nitrogen and oxygen atoms in total. The molecule has 0 atom stereocenters. The summed E-state index contributed by atoms with van der Waals surface area (Å²) in [5, 5.41) is 2.43. The number of nitrogens with one attached hydrogen (secondary N) is 2. The van der Waals surface area contributed by atoms with Crippen LogP contribution in [0.2, 0.25) is 0 Å². The summed E-state index contributed by atoms with van der Waals surface area (Å²) in [5.74, 6) is -1.16. The van der Waals surface area contributed by atoms with Gasteiger partial charge in [-0.05, 0) is 43.9 Å². The number of carbonyl (C=O) groups is 1. The van der Waals surface area contributed by atoms with Gasteiger partial charge in [-0.1, -0.05) is 6.08 Å². The number of hydrogen-bond acceptors (Lipinski definition) is 6. The Morgan fingerprint density at radius 3 is 2.80 bits per heavy atom. The van der Waals surface area contributed by atoms with Gasteiger partial charge < -0.3 is 15.0 Å². The Morgan fingerprint density at radius 1 is 1.26 bits per heavy atom. The Kier molecular flexibility index (Phi) is 6.06. The molecular formula is C25H25F2N5O3. The number of carbonyl (C=O) groups excluding carboxylic acids is 1. The third-order valence-corrected chi connectivity index (χ3v) is 6.55. The first-order valence-corrected chi connectivity index (χ1v) is 11.5. The van der Waals surface area contributed by atoms with Crippen molar-refractivity contribution < 1.29 is 18.3 Å². The SMILES string of the molecule is CNC(=O)c1ccc(C2=CCN(Cc3c4c(c5nc(C)c(=O)[nH]c5c3F)CCCO4)CC2)c(F)n1. The van der Waals surface area contributed by atoms with Crippen molar-refractivity contribution in [2.24, 2.45) is 0 Å². The number of halogens is 2. The molecular weight excluding hydrogens is 456 g/mol. The third-order valence-electron chi connectivity index (χ3n) is 6.55. The van der Waals surface area contributed by atoms with E-state index < -0.39 is 23.2 Å². The molecule has 2 aliphatic rings. The van der Waals surface area contributed by atoms with E-state index in [1.165, 1.54) is 13.1 Å². The average molecular weight is 482 g/mol. The molecule has 0 saturated heterocycles. The maximum atomic E-state index is 15.6. The Hall–Kier alpha value is -3.66. The number of aromatic amines is 1. The fraction of sp³-hybridized carbons (Fsp3) is 0.360. The number of fused-ring (bicyclic) bond motifs is 3. The van der Waals surface area contributed by atoms with Crippen LogP contribution in [-0.2, 0) is 13.0 Å². The van der Waals surface area contributed by atoms with E-state index in [9.17, 15) is 14.0 Å².